The van der Waals surface area contributed by atoms with Crippen molar-refractivity contribution in [2.24, 2.45) is 0 Å². The third-order valence-electron chi connectivity index (χ3n) is 5.32. The minimum atomic E-state index is -3.38. The number of ketones is 1. The molecule has 0 aliphatic carbocycles. The van der Waals surface area contributed by atoms with Crippen molar-refractivity contribution < 1.29 is 18.0 Å². The molecule has 0 N–H and O–H groups in total. The molecule has 0 atom stereocenters. The molecule has 0 aromatic heterocycles. The number of carbonyl (C=O) groups is 2. The third kappa shape index (κ3) is 6.24. The van der Waals surface area contributed by atoms with Gasteiger partial charge in [-0.2, -0.15) is 4.31 Å². The third-order valence-corrected chi connectivity index (χ3v) is 7.17. The van der Waals surface area contributed by atoms with Gasteiger partial charge in [0.25, 0.3) is 0 Å². The maximum absolute atomic E-state index is 12.6. The molecule has 160 valence electrons. The summed E-state index contributed by atoms with van der Waals surface area (Å²) in [6, 6.07) is 18.3. The molecule has 0 unspecified atom stereocenters. The number of sulfonamides is 1. The summed E-state index contributed by atoms with van der Waals surface area (Å²) in [6.07, 6.45) is 2.15. The smallest absolute Gasteiger partial charge is 0.222 e. The van der Waals surface area contributed by atoms with E-state index in [2.05, 4.69) is 0 Å². The zero-order chi connectivity index (χ0) is 21.4. The summed E-state index contributed by atoms with van der Waals surface area (Å²) < 4.78 is 26.7. The van der Waals surface area contributed by atoms with Gasteiger partial charge >= 0.3 is 0 Å². The van der Waals surface area contributed by atoms with E-state index in [-0.39, 0.29) is 17.4 Å². The van der Waals surface area contributed by atoms with Crippen LogP contribution in [0.1, 0.15) is 41.6 Å². The van der Waals surface area contributed by atoms with Crippen molar-refractivity contribution in [3.63, 3.8) is 0 Å². The number of unbranched alkanes of at least 4 members (excludes halogenated alkanes) is 1. The zero-order valence-electron chi connectivity index (χ0n) is 17.1. The summed E-state index contributed by atoms with van der Waals surface area (Å²) in [5.41, 5.74) is 1.47. The van der Waals surface area contributed by atoms with Gasteiger partial charge in [0.15, 0.2) is 5.78 Å². The number of benzene rings is 2. The highest BCUT2D eigenvalue weighted by Crippen LogP contribution is 2.15. The maximum atomic E-state index is 12.6. The van der Waals surface area contributed by atoms with Crippen LogP contribution >= 0.6 is 0 Å². The van der Waals surface area contributed by atoms with Crippen molar-refractivity contribution in [2.75, 3.05) is 26.2 Å². The molecule has 2 aromatic rings. The fourth-order valence-electron chi connectivity index (χ4n) is 3.58. The molecule has 0 saturated carbocycles. The average Bonchev–Trinajstić information content (AvgIpc) is 2.77. The van der Waals surface area contributed by atoms with Crippen LogP contribution < -0.4 is 0 Å². The molecule has 1 aliphatic heterocycles. The Hall–Kier alpha value is -2.51. The van der Waals surface area contributed by atoms with E-state index in [1.54, 1.807) is 29.2 Å². The summed E-state index contributed by atoms with van der Waals surface area (Å²) in [6.45, 7) is 1.48. The average molecular weight is 429 g/mol. The largest absolute Gasteiger partial charge is 0.340 e. The van der Waals surface area contributed by atoms with Crippen LogP contribution in [-0.2, 0) is 20.6 Å². The highest BCUT2D eigenvalue weighted by Gasteiger charge is 2.28. The fraction of sp³-hybridized carbons (Fsp3) is 0.391. The minimum Gasteiger partial charge on any atom is -0.340 e. The van der Waals surface area contributed by atoms with E-state index in [4.69, 9.17) is 0 Å². The first-order chi connectivity index (χ1) is 14.5. The highest BCUT2D eigenvalue weighted by atomic mass is 32.2. The Morgan fingerprint density at radius 2 is 1.33 bits per heavy atom. The number of carbonyl (C=O) groups excluding carboxylic acids is 2. The Labute approximate surface area is 178 Å². The number of hydrogen-bond donors (Lipinski definition) is 0. The predicted octanol–water partition coefficient (Wildman–Crippen LogP) is 3.10. The minimum absolute atomic E-state index is 0.0166. The number of nitrogens with zero attached hydrogens (tertiary/aromatic N) is 2. The van der Waals surface area contributed by atoms with Gasteiger partial charge in [-0.25, -0.2) is 8.42 Å². The normalized spacial score (nSPS) is 15.1. The van der Waals surface area contributed by atoms with Gasteiger partial charge in [-0.1, -0.05) is 60.7 Å². The summed E-state index contributed by atoms with van der Waals surface area (Å²) in [5.74, 6) is 0.111. The molecule has 2 aromatic carbocycles. The molecule has 6 nitrogen and oxygen atoms in total. The first-order valence-corrected chi connectivity index (χ1v) is 11.9. The summed E-state index contributed by atoms with van der Waals surface area (Å²) in [7, 11) is -3.38. The lowest BCUT2D eigenvalue weighted by molar-refractivity contribution is -0.132. The number of rotatable bonds is 9. The molecule has 7 heteroatoms. The molecule has 0 radical (unpaired) electrons. The van der Waals surface area contributed by atoms with Crippen LogP contribution in [0.4, 0.5) is 0 Å². The van der Waals surface area contributed by atoms with Gasteiger partial charge in [-0.3, -0.25) is 9.59 Å². The topological polar surface area (TPSA) is 74.8 Å². The van der Waals surface area contributed by atoms with Crippen molar-refractivity contribution in [3.05, 3.63) is 71.8 Å². The van der Waals surface area contributed by atoms with Crippen LogP contribution in [0.25, 0.3) is 0 Å². The molecule has 30 heavy (non-hydrogen) atoms. The molecule has 1 heterocycles. The van der Waals surface area contributed by atoms with E-state index in [0.717, 1.165) is 5.56 Å². The Bertz CT molecular complexity index is 938. The highest BCUT2D eigenvalue weighted by molar-refractivity contribution is 7.88. The molecule has 1 saturated heterocycles. The second kappa shape index (κ2) is 10.5. The van der Waals surface area contributed by atoms with Crippen molar-refractivity contribution in [1.29, 1.82) is 0 Å². The first kappa shape index (κ1) is 22.2. The van der Waals surface area contributed by atoms with E-state index < -0.39 is 10.0 Å². The Kier molecular flexibility index (Phi) is 7.76. The standard InChI is InChI=1S/C23H28N2O4S/c26-22(21-11-5-2-6-12-21)13-7-8-14-23(27)24-15-17-25(18-16-24)30(28,29)19-20-9-3-1-4-10-20/h1-6,9-12H,7-8,13-19H2. The molecular formula is C23H28N2O4S. The Morgan fingerprint density at radius 1 is 0.767 bits per heavy atom. The van der Waals surface area contributed by atoms with Gasteiger partial charge < -0.3 is 4.90 Å². The summed E-state index contributed by atoms with van der Waals surface area (Å²) in [5, 5.41) is 0. The monoisotopic (exact) mass is 428 g/mol. The van der Waals surface area contributed by atoms with E-state index >= 15 is 0 Å². The molecule has 0 bridgehead atoms. The first-order valence-electron chi connectivity index (χ1n) is 10.3. The molecule has 1 aliphatic rings. The molecule has 1 amide bonds. The van der Waals surface area contributed by atoms with Crippen LogP contribution in [0.3, 0.4) is 0 Å². The van der Waals surface area contributed by atoms with Crippen LogP contribution in [0, 0.1) is 0 Å². The number of hydrogen-bond acceptors (Lipinski definition) is 4. The number of amides is 1. The van der Waals surface area contributed by atoms with E-state index in [9.17, 15) is 18.0 Å². The van der Waals surface area contributed by atoms with E-state index in [1.165, 1.54) is 4.31 Å². The summed E-state index contributed by atoms with van der Waals surface area (Å²) >= 11 is 0. The second-order valence-electron chi connectivity index (χ2n) is 7.52. The fourth-order valence-corrected chi connectivity index (χ4v) is 5.10. The van der Waals surface area contributed by atoms with Crippen molar-refractivity contribution in [1.82, 2.24) is 9.21 Å². The van der Waals surface area contributed by atoms with E-state index in [1.807, 2.05) is 36.4 Å². The lowest BCUT2D eigenvalue weighted by atomic mass is 10.0. The Balaban J connectivity index is 1.38. The Morgan fingerprint density at radius 3 is 1.97 bits per heavy atom. The molecule has 3 rings (SSSR count). The summed E-state index contributed by atoms with van der Waals surface area (Å²) in [4.78, 5) is 26.3. The molecule has 1 fully saturated rings. The van der Waals surface area contributed by atoms with Crippen LogP contribution in [0.5, 0.6) is 0 Å². The quantitative estimate of drug-likeness (QED) is 0.454. The van der Waals surface area contributed by atoms with Gasteiger partial charge in [0.2, 0.25) is 15.9 Å². The van der Waals surface area contributed by atoms with Gasteiger partial charge in [-0.15, -0.1) is 0 Å². The molecule has 0 spiro atoms. The number of Topliss-reactive ketones (excluding diaryl/α,β-unsaturated/α-hetero) is 1. The maximum Gasteiger partial charge on any atom is 0.222 e. The van der Waals surface area contributed by atoms with Gasteiger partial charge in [-0.05, 0) is 18.4 Å². The van der Waals surface area contributed by atoms with Crippen LogP contribution in [-0.4, -0.2) is 55.5 Å². The van der Waals surface area contributed by atoms with Gasteiger partial charge in [0.05, 0.1) is 5.75 Å². The van der Waals surface area contributed by atoms with Gasteiger partial charge in [0.1, 0.15) is 0 Å². The lowest BCUT2D eigenvalue weighted by Gasteiger charge is -2.34. The van der Waals surface area contributed by atoms with E-state index in [0.29, 0.717) is 57.4 Å². The van der Waals surface area contributed by atoms with Crippen LogP contribution in [0.2, 0.25) is 0 Å². The van der Waals surface area contributed by atoms with Crippen molar-refractivity contribution in [2.45, 2.75) is 31.4 Å². The molecular weight excluding hydrogens is 400 g/mol. The van der Waals surface area contributed by atoms with Crippen molar-refractivity contribution >= 4 is 21.7 Å². The number of piperazine rings is 1. The van der Waals surface area contributed by atoms with Gasteiger partial charge in [0, 0.05) is 44.6 Å². The second-order valence-corrected chi connectivity index (χ2v) is 9.49. The lowest BCUT2D eigenvalue weighted by Crippen LogP contribution is -2.50. The SMILES string of the molecule is O=C(CCCCC(=O)N1CCN(S(=O)(=O)Cc2ccccc2)CC1)c1ccccc1. The zero-order valence-corrected chi connectivity index (χ0v) is 17.9. The van der Waals surface area contributed by atoms with Crippen molar-refractivity contribution in [3.8, 4) is 0 Å². The predicted molar refractivity (Wildman–Crippen MR) is 116 cm³/mol. The van der Waals surface area contributed by atoms with Crippen LogP contribution in [0.15, 0.2) is 60.7 Å².